The van der Waals surface area contributed by atoms with Gasteiger partial charge in [0.25, 0.3) is 0 Å². The number of nitrogens with zero attached hydrogens (tertiary/aromatic N) is 2. The Kier molecular flexibility index (Phi) is 4.06. The second-order valence-electron chi connectivity index (χ2n) is 5.74. The maximum atomic E-state index is 5.62. The molecule has 0 saturated carbocycles. The maximum absolute atomic E-state index is 5.62. The van der Waals surface area contributed by atoms with E-state index >= 15 is 0 Å². The summed E-state index contributed by atoms with van der Waals surface area (Å²) in [5, 5.41) is 7.80. The van der Waals surface area contributed by atoms with E-state index in [1.165, 1.54) is 5.56 Å². The lowest BCUT2D eigenvalue weighted by Crippen LogP contribution is -2.15. The van der Waals surface area contributed by atoms with Gasteiger partial charge in [0, 0.05) is 12.7 Å². The van der Waals surface area contributed by atoms with Gasteiger partial charge in [-0.25, -0.2) is 0 Å². The molecule has 0 unspecified atom stereocenters. The van der Waals surface area contributed by atoms with Gasteiger partial charge in [-0.1, -0.05) is 36.4 Å². The van der Waals surface area contributed by atoms with E-state index in [4.69, 9.17) is 9.47 Å². The minimum Gasteiger partial charge on any atom is -0.486 e. The number of ether oxygens (including phenoxy) is 2. The molecule has 0 aliphatic carbocycles. The van der Waals surface area contributed by atoms with Crippen LogP contribution in [0.1, 0.15) is 11.1 Å². The van der Waals surface area contributed by atoms with Gasteiger partial charge in [-0.2, -0.15) is 5.10 Å². The standard InChI is InChI=1S/C19H19N3O2/c1-2-4-15(5-3-1)13-22-14-17(12-21-22)20-11-16-6-7-18-19(10-16)24-9-8-23-18/h1-7,10,12,14,20H,8-9,11,13H2. The highest BCUT2D eigenvalue weighted by Gasteiger charge is 2.11. The van der Waals surface area contributed by atoms with Gasteiger partial charge in [-0.3, -0.25) is 4.68 Å². The summed E-state index contributed by atoms with van der Waals surface area (Å²) in [5.41, 5.74) is 3.38. The van der Waals surface area contributed by atoms with E-state index < -0.39 is 0 Å². The predicted molar refractivity (Wildman–Crippen MR) is 92.5 cm³/mol. The van der Waals surface area contributed by atoms with Crippen molar-refractivity contribution < 1.29 is 9.47 Å². The number of benzene rings is 2. The topological polar surface area (TPSA) is 48.3 Å². The lowest BCUT2D eigenvalue weighted by Gasteiger charge is -2.18. The highest BCUT2D eigenvalue weighted by Crippen LogP contribution is 2.30. The zero-order valence-corrected chi connectivity index (χ0v) is 13.3. The normalized spacial score (nSPS) is 12.8. The van der Waals surface area contributed by atoms with Crippen molar-refractivity contribution in [2.24, 2.45) is 0 Å². The van der Waals surface area contributed by atoms with E-state index in [2.05, 4.69) is 28.6 Å². The molecule has 5 nitrogen and oxygen atoms in total. The zero-order chi connectivity index (χ0) is 16.2. The molecule has 122 valence electrons. The third-order valence-corrected chi connectivity index (χ3v) is 3.92. The largest absolute Gasteiger partial charge is 0.486 e. The Morgan fingerprint density at radius 2 is 1.79 bits per heavy atom. The molecule has 2 heterocycles. The Hall–Kier alpha value is -2.95. The average Bonchev–Trinajstić information content (AvgIpc) is 3.08. The van der Waals surface area contributed by atoms with Crippen molar-refractivity contribution in [2.45, 2.75) is 13.1 Å². The first-order valence-corrected chi connectivity index (χ1v) is 8.05. The van der Waals surface area contributed by atoms with E-state index in [9.17, 15) is 0 Å². The van der Waals surface area contributed by atoms with Gasteiger partial charge in [0.15, 0.2) is 11.5 Å². The Bertz CT molecular complexity index is 814. The van der Waals surface area contributed by atoms with Crippen molar-refractivity contribution in [3.05, 3.63) is 72.1 Å². The molecule has 0 fully saturated rings. The molecule has 5 heteroatoms. The summed E-state index contributed by atoms with van der Waals surface area (Å²) in [6, 6.07) is 16.3. The van der Waals surface area contributed by atoms with Crippen LogP contribution in [0.2, 0.25) is 0 Å². The van der Waals surface area contributed by atoms with E-state index in [0.717, 1.165) is 29.3 Å². The van der Waals surface area contributed by atoms with E-state index in [1.54, 1.807) is 0 Å². The number of rotatable bonds is 5. The molecule has 2 aromatic carbocycles. The zero-order valence-electron chi connectivity index (χ0n) is 13.3. The summed E-state index contributed by atoms with van der Waals surface area (Å²) < 4.78 is 13.1. The van der Waals surface area contributed by atoms with Gasteiger partial charge >= 0.3 is 0 Å². The molecule has 3 aromatic rings. The fourth-order valence-electron chi connectivity index (χ4n) is 2.71. The number of hydrogen-bond acceptors (Lipinski definition) is 4. The summed E-state index contributed by atoms with van der Waals surface area (Å²) >= 11 is 0. The van der Waals surface area contributed by atoms with E-state index in [1.807, 2.05) is 47.4 Å². The molecule has 24 heavy (non-hydrogen) atoms. The molecular formula is C19H19N3O2. The summed E-state index contributed by atoms with van der Waals surface area (Å²) in [6.45, 7) is 2.71. The molecule has 0 bridgehead atoms. The van der Waals surface area contributed by atoms with Crippen LogP contribution in [0.4, 0.5) is 5.69 Å². The van der Waals surface area contributed by atoms with Gasteiger partial charge in [-0.05, 0) is 23.3 Å². The van der Waals surface area contributed by atoms with Crippen LogP contribution in [0, 0.1) is 0 Å². The Balaban J connectivity index is 1.38. The van der Waals surface area contributed by atoms with Crippen LogP contribution >= 0.6 is 0 Å². The highest BCUT2D eigenvalue weighted by atomic mass is 16.6. The van der Waals surface area contributed by atoms with Crippen LogP contribution in [0.15, 0.2) is 60.9 Å². The van der Waals surface area contributed by atoms with Gasteiger partial charge in [0.1, 0.15) is 13.2 Å². The van der Waals surface area contributed by atoms with Gasteiger partial charge in [0.2, 0.25) is 0 Å². The summed E-state index contributed by atoms with van der Waals surface area (Å²) in [5.74, 6) is 1.64. The van der Waals surface area contributed by atoms with Crippen LogP contribution in [-0.2, 0) is 13.1 Å². The van der Waals surface area contributed by atoms with Crippen LogP contribution in [0.25, 0.3) is 0 Å². The first-order valence-electron chi connectivity index (χ1n) is 8.05. The fraction of sp³-hybridized carbons (Fsp3) is 0.211. The smallest absolute Gasteiger partial charge is 0.161 e. The Labute approximate surface area is 140 Å². The quantitative estimate of drug-likeness (QED) is 0.783. The Morgan fingerprint density at radius 1 is 0.958 bits per heavy atom. The molecule has 1 aliphatic rings. The van der Waals surface area contributed by atoms with Crippen molar-refractivity contribution in [1.29, 1.82) is 0 Å². The van der Waals surface area contributed by atoms with Crippen LogP contribution in [-0.4, -0.2) is 23.0 Å². The predicted octanol–water partition coefficient (Wildman–Crippen LogP) is 3.31. The second kappa shape index (κ2) is 6.66. The minimum atomic E-state index is 0.607. The van der Waals surface area contributed by atoms with Gasteiger partial charge < -0.3 is 14.8 Å². The van der Waals surface area contributed by atoms with Crippen molar-refractivity contribution in [3.8, 4) is 11.5 Å². The molecule has 1 aliphatic heterocycles. The molecule has 1 aromatic heterocycles. The summed E-state index contributed by atoms with van der Waals surface area (Å²) in [6.07, 6.45) is 3.87. The summed E-state index contributed by atoms with van der Waals surface area (Å²) in [7, 11) is 0. The highest BCUT2D eigenvalue weighted by molar-refractivity contribution is 5.46. The second-order valence-corrected chi connectivity index (χ2v) is 5.74. The number of nitrogens with one attached hydrogen (secondary N) is 1. The van der Waals surface area contributed by atoms with Crippen LogP contribution in [0.5, 0.6) is 11.5 Å². The van der Waals surface area contributed by atoms with E-state index in [-0.39, 0.29) is 0 Å². The Morgan fingerprint density at radius 3 is 2.67 bits per heavy atom. The number of fused-ring (bicyclic) bond motifs is 1. The van der Waals surface area contributed by atoms with Crippen molar-refractivity contribution in [3.63, 3.8) is 0 Å². The monoisotopic (exact) mass is 321 g/mol. The molecule has 0 saturated heterocycles. The first kappa shape index (κ1) is 14.6. The van der Waals surface area contributed by atoms with Crippen molar-refractivity contribution in [2.75, 3.05) is 18.5 Å². The van der Waals surface area contributed by atoms with E-state index in [0.29, 0.717) is 19.8 Å². The molecule has 4 rings (SSSR count). The van der Waals surface area contributed by atoms with Crippen molar-refractivity contribution >= 4 is 5.69 Å². The molecule has 1 N–H and O–H groups in total. The molecule has 0 amide bonds. The van der Waals surface area contributed by atoms with Crippen molar-refractivity contribution in [1.82, 2.24) is 9.78 Å². The maximum Gasteiger partial charge on any atom is 0.161 e. The number of anilines is 1. The molecule has 0 spiro atoms. The molecule has 0 atom stereocenters. The average molecular weight is 321 g/mol. The van der Waals surface area contributed by atoms with Crippen LogP contribution in [0.3, 0.4) is 0 Å². The number of aromatic nitrogens is 2. The lowest BCUT2D eigenvalue weighted by atomic mass is 10.2. The number of hydrogen-bond donors (Lipinski definition) is 1. The van der Waals surface area contributed by atoms with Gasteiger partial charge in [-0.15, -0.1) is 0 Å². The summed E-state index contributed by atoms with van der Waals surface area (Å²) in [4.78, 5) is 0. The molecule has 0 radical (unpaired) electrons. The third kappa shape index (κ3) is 3.35. The third-order valence-electron chi connectivity index (χ3n) is 3.92. The molecular weight excluding hydrogens is 302 g/mol. The van der Waals surface area contributed by atoms with Crippen LogP contribution < -0.4 is 14.8 Å². The SMILES string of the molecule is c1ccc(Cn2cc(NCc3ccc4c(c3)OCCO4)cn2)cc1. The minimum absolute atomic E-state index is 0.607. The van der Waals surface area contributed by atoms with Gasteiger partial charge in [0.05, 0.1) is 18.4 Å². The fourth-order valence-corrected chi connectivity index (χ4v) is 2.71. The lowest BCUT2D eigenvalue weighted by molar-refractivity contribution is 0.171. The first-order chi connectivity index (χ1) is 11.9.